The molecular formula is C34H45Cl2N5O6. The van der Waals surface area contributed by atoms with Gasteiger partial charge < -0.3 is 44.1 Å². The lowest BCUT2D eigenvalue weighted by Crippen LogP contribution is -2.49. The Hall–Kier alpha value is -3.70. The molecule has 0 radical (unpaired) electrons. The van der Waals surface area contributed by atoms with Gasteiger partial charge in [0.05, 0.1) is 43.3 Å². The minimum atomic E-state index is -0.475. The lowest BCUT2D eigenvalue weighted by Gasteiger charge is -2.47. The number of methoxy groups -OCH3 is 3. The van der Waals surface area contributed by atoms with Gasteiger partial charge >= 0.3 is 6.09 Å². The van der Waals surface area contributed by atoms with Gasteiger partial charge in [0.15, 0.2) is 12.0 Å². The van der Waals surface area contributed by atoms with E-state index in [-0.39, 0.29) is 18.1 Å². The minimum absolute atomic E-state index is 0.101. The third-order valence-corrected chi connectivity index (χ3v) is 9.73. The highest BCUT2D eigenvalue weighted by Gasteiger charge is 2.39. The van der Waals surface area contributed by atoms with Crippen LogP contribution in [0.4, 0.5) is 16.2 Å². The first-order valence-electron chi connectivity index (χ1n) is 15.8. The number of allylic oxidation sites excluding steroid dienone is 1. The van der Waals surface area contributed by atoms with E-state index in [9.17, 15) is 4.79 Å². The van der Waals surface area contributed by atoms with Crippen LogP contribution in [0.2, 0.25) is 10.0 Å². The zero-order valence-corrected chi connectivity index (χ0v) is 29.5. The molecule has 11 nitrogen and oxygen atoms in total. The molecule has 1 amide bonds. The highest BCUT2D eigenvalue weighted by atomic mass is 35.5. The predicted octanol–water partition coefficient (Wildman–Crippen LogP) is 7.06. The molecule has 0 aromatic heterocycles. The van der Waals surface area contributed by atoms with Gasteiger partial charge in [0, 0.05) is 55.8 Å². The van der Waals surface area contributed by atoms with Crippen molar-refractivity contribution in [1.29, 1.82) is 0 Å². The van der Waals surface area contributed by atoms with Crippen molar-refractivity contribution >= 4 is 46.9 Å². The first-order chi connectivity index (χ1) is 22.4. The molecule has 256 valence electrons. The topological polar surface area (TPSA) is 106 Å². The van der Waals surface area contributed by atoms with Gasteiger partial charge in [-0.15, -0.1) is 0 Å². The van der Waals surface area contributed by atoms with Crippen LogP contribution in [0.3, 0.4) is 0 Å². The Kier molecular flexibility index (Phi) is 10.8. The van der Waals surface area contributed by atoms with Crippen LogP contribution in [0.5, 0.6) is 17.2 Å². The molecule has 1 unspecified atom stereocenters. The second kappa shape index (κ2) is 14.6. The van der Waals surface area contributed by atoms with E-state index in [1.54, 1.807) is 25.6 Å². The minimum Gasteiger partial charge on any atom is -0.495 e. The van der Waals surface area contributed by atoms with Crippen LogP contribution in [0.15, 0.2) is 41.2 Å². The van der Waals surface area contributed by atoms with Crippen molar-refractivity contribution in [3.05, 3.63) is 51.8 Å². The molecule has 3 heterocycles. The normalized spacial score (nSPS) is 19.1. The van der Waals surface area contributed by atoms with Gasteiger partial charge in [-0.2, -0.15) is 0 Å². The molecule has 47 heavy (non-hydrogen) atoms. The van der Waals surface area contributed by atoms with E-state index in [0.717, 1.165) is 69.0 Å². The number of nitrogens with one attached hydrogen (secondary N) is 2. The van der Waals surface area contributed by atoms with Crippen LogP contribution in [-0.4, -0.2) is 76.6 Å². The number of piperidine rings is 2. The zero-order chi connectivity index (χ0) is 33.8. The fourth-order valence-electron chi connectivity index (χ4n) is 6.16. The number of aliphatic imine (C=N–C) groups is 1. The van der Waals surface area contributed by atoms with Crippen molar-refractivity contribution < 1.29 is 28.5 Å². The van der Waals surface area contributed by atoms with Gasteiger partial charge in [0.25, 0.3) is 0 Å². The van der Waals surface area contributed by atoms with Gasteiger partial charge in [-0.3, -0.25) is 0 Å². The van der Waals surface area contributed by atoms with Gasteiger partial charge in [0.1, 0.15) is 29.5 Å². The van der Waals surface area contributed by atoms with Crippen LogP contribution in [0.1, 0.15) is 52.0 Å². The summed E-state index contributed by atoms with van der Waals surface area (Å²) < 4.78 is 28.0. The van der Waals surface area contributed by atoms with Gasteiger partial charge in [-0.05, 0) is 64.0 Å². The fourth-order valence-corrected chi connectivity index (χ4v) is 6.77. The maximum Gasteiger partial charge on any atom is 0.410 e. The van der Waals surface area contributed by atoms with Crippen molar-refractivity contribution in [1.82, 2.24) is 10.2 Å². The summed E-state index contributed by atoms with van der Waals surface area (Å²) in [6.07, 6.45) is 6.95. The van der Waals surface area contributed by atoms with Crippen molar-refractivity contribution in [2.24, 2.45) is 10.4 Å². The summed E-state index contributed by atoms with van der Waals surface area (Å²) in [4.78, 5) is 21.3. The lowest BCUT2D eigenvalue weighted by atomic mass is 9.71. The van der Waals surface area contributed by atoms with E-state index >= 15 is 0 Å². The number of ether oxygens (including phenoxy) is 5. The number of rotatable bonds is 9. The number of halogens is 2. The molecule has 0 aliphatic carbocycles. The van der Waals surface area contributed by atoms with Crippen LogP contribution in [0, 0.1) is 5.41 Å². The Morgan fingerprint density at radius 1 is 0.957 bits per heavy atom. The number of hydrogen-bond acceptors (Lipinski definition) is 10. The molecule has 1 atom stereocenters. The second-order valence-electron chi connectivity index (χ2n) is 13.1. The SMILES string of the molecule is COc1cc(NC2N=CC(OCc3c(Cl)c(OC)cc(OC)c3Cl)=CN2)ccc1N1CCC2(CCN(C(=O)OC(C)(C)C)CC2)CC1. The average molecular weight is 691 g/mol. The molecule has 2 saturated heterocycles. The van der Waals surface area contributed by atoms with Crippen LogP contribution in [0.25, 0.3) is 0 Å². The van der Waals surface area contributed by atoms with Gasteiger partial charge in [-0.1, -0.05) is 23.2 Å². The number of nitrogens with zero attached hydrogens (tertiary/aromatic N) is 3. The van der Waals surface area contributed by atoms with E-state index in [1.807, 2.05) is 37.8 Å². The molecule has 3 aliphatic rings. The molecule has 3 aliphatic heterocycles. The quantitative estimate of drug-likeness (QED) is 0.286. The number of carbonyl (C=O) groups excluding carboxylic acids is 1. The Labute approximate surface area is 287 Å². The Balaban J connectivity index is 1.12. The monoisotopic (exact) mass is 689 g/mol. The molecule has 1 spiro atoms. The van der Waals surface area contributed by atoms with Crippen molar-refractivity contribution in [3.63, 3.8) is 0 Å². The summed E-state index contributed by atoms with van der Waals surface area (Å²) in [5, 5.41) is 7.30. The number of likely N-dealkylation sites (tertiary alicyclic amines) is 1. The zero-order valence-electron chi connectivity index (χ0n) is 28.0. The van der Waals surface area contributed by atoms with Crippen LogP contribution < -0.4 is 29.7 Å². The van der Waals surface area contributed by atoms with E-state index in [2.05, 4.69) is 26.6 Å². The Morgan fingerprint density at radius 3 is 2.13 bits per heavy atom. The van der Waals surface area contributed by atoms with Crippen LogP contribution >= 0.6 is 23.2 Å². The summed E-state index contributed by atoms with van der Waals surface area (Å²) in [5.74, 6) is 2.21. The molecule has 2 aromatic carbocycles. The van der Waals surface area contributed by atoms with E-state index < -0.39 is 11.9 Å². The second-order valence-corrected chi connectivity index (χ2v) is 13.8. The summed E-state index contributed by atoms with van der Waals surface area (Å²) in [6, 6.07) is 7.76. The molecule has 13 heteroatoms. The summed E-state index contributed by atoms with van der Waals surface area (Å²) in [5.41, 5.74) is 2.28. The molecule has 2 aromatic rings. The molecule has 2 N–H and O–H groups in total. The molecule has 0 saturated carbocycles. The predicted molar refractivity (Wildman–Crippen MR) is 185 cm³/mol. The van der Waals surface area contributed by atoms with Crippen LogP contribution in [-0.2, 0) is 16.1 Å². The Morgan fingerprint density at radius 2 is 1.57 bits per heavy atom. The largest absolute Gasteiger partial charge is 0.495 e. The van der Waals surface area contributed by atoms with E-state index in [1.165, 1.54) is 14.2 Å². The van der Waals surface area contributed by atoms with Gasteiger partial charge in [0.2, 0.25) is 0 Å². The number of anilines is 2. The van der Waals surface area contributed by atoms with Crippen molar-refractivity contribution in [2.75, 3.05) is 57.7 Å². The standard InChI is InChI=1S/C34H45Cl2N5O6/c1-33(2,3)47-32(42)41-15-11-34(12-16-41)9-13-40(14-10-34)25-8-7-22(17-26(25)43-4)39-31-37-19-23(20-38-31)46-21-24-29(35)27(44-5)18-28(45-6)30(24)36/h7-8,17-20,31,37,39H,9-16,21H2,1-6H3. The molecule has 0 bridgehead atoms. The highest BCUT2D eigenvalue weighted by Crippen LogP contribution is 2.44. The van der Waals surface area contributed by atoms with Gasteiger partial charge in [-0.25, -0.2) is 9.79 Å². The van der Waals surface area contributed by atoms with Crippen molar-refractivity contribution in [3.8, 4) is 17.2 Å². The third kappa shape index (κ3) is 8.24. The number of benzene rings is 2. The summed E-state index contributed by atoms with van der Waals surface area (Å²) in [7, 11) is 4.75. The lowest BCUT2D eigenvalue weighted by molar-refractivity contribution is 0.00664. The first-order valence-corrected chi connectivity index (χ1v) is 16.6. The smallest absolute Gasteiger partial charge is 0.410 e. The molecular weight excluding hydrogens is 645 g/mol. The average Bonchev–Trinajstić information content (AvgIpc) is 3.05. The maximum absolute atomic E-state index is 12.5. The summed E-state index contributed by atoms with van der Waals surface area (Å²) >= 11 is 12.9. The third-order valence-electron chi connectivity index (χ3n) is 8.91. The number of carbonyl (C=O) groups is 1. The molecule has 5 rings (SSSR count). The Bertz CT molecular complexity index is 1460. The van der Waals surface area contributed by atoms with Crippen molar-refractivity contribution in [2.45, 2.75) is 65.0 Å². The van der Waals surface area contributed by atoms with E-state index in [0.29, 0.717) is 32.9 Å². The first kappa shape index (κ1) is 34.6. The fraction of sp³-hybridized carbons (Fsp3) is 0.529. The summed E-state index contributed by atoms with van der Waals surface area (Å²) in [6.45, 7) is 9.21. The number of amides is 1. The molecule has 2 fully saturated rings. The van der Waals surface area contributed by atoms with E-state index in [4.69, 9.17) is 46.9 Å². The highest BCUT2D eigenvalue weighted by molar-refractivity contribution is 6.37. The number of hydrogen-bond donors (Lipinski definition) is 2. The maximum atomic E-state index is 12.5.